The maximum atomic E-state index is 9.44. The second kappa shape index (κ2) is 6.72. The Morgan fingerprint density at radius 3 is 2.41 bits per heavy atom. The van der Waals surface area contributed by atoms with E-state index in [1.54, 1.807) is 0 Å². The summed E-state index contributed by atoms with van der Waals surface area (Å²) in [6.45, 7) is 4.53. The molecule has 7 rings (SSSR count). The summed E-state index contributed by atoms with van der Waals surface area (Å²) in [5, 5.41) is 13.1. The highest BCUT2D eigenvalue weighted by molar-refractivity contribution is 6.13. The molecule has 0 bridgehead atoms. The molecule has 1 aromatic heterocycles. The summed E-state index contributed by atoms with van der Waals surface area (Å²) in [4.78, 5) is 0. The third-order valence-corrected chi connectivity index (χ3v) is 7.78. The van der Waals surface area contributed by atoms with Crippen molar-refractivity contribution in [2.24, 2.45) is 0 Å². The van der Waals surface area contributed by atoms with Crippen LogP contribution in [0, 0.1) is 11.3 Å². The molecule has 0 aliphatic heterocycles. The molecular weight excluding hydrogens is 414 g/mol. The zero-order valence-corrected chi connectivity index (χ0v) is 19.3. The molecule has 0 N–H and O–H groups in total. The van der Waals surface area contributed by atoms with E-state index >= 15 is 0 Å². The first-order valence-electron chi connectivity index (χ1n) is 11.9. The van der Waals surface area contributed by atoms with Crippen LogP contribution in [0.4, 0.5) is 0 Å². The van der Waals surface area contributed by atoms with Gasteiger partial charge in [-0.15, -0.1) is 0 Å². The first-order chi connectivity index (χ1) is 16.6. The molecule has 2 nitrogen and oxygen atoms in total. The number of allylic oxidation sites excluding steroid dienone is 1. The number of benzene rings is 4. The van der Waals surface area contributed by atoms with Crippen molar-refractivity contribution >= 4 is 27.8 Å². The van der Waals surface area contributed by atoms with Crippen molar-refractivity contribution in [2.45, 2.75) is 32.1 Å². The van der Waals surface area contributed by atoms with Crippen molar-refractivity contribution in [2.75, 3.05) is 0 Å². The Bertz CT molecular complexity index is 1740. The van der Waals surface area contributed by atoms with Gasteiger partial charge in [-0.3, -0.25) is 0 Å². The molecule has 162 valence electrons. The molecule has 2 aliphatic carbocycles. The zero-order chi connectivity index (χ0) is 23.0. The highest BCUT2D eigenvalue weighted by Gasteiger charge is 2.36. The molecule has 0 unspecified atom stereocenters. The van der Waals surface area contributed by atoms with Crippen LogP contribution in [-0.2, 0) is 11.8 Å². The molecule has 0 saturated carbocycles. The van der Waals surface area contributed by atoms with E-state index in [9.17, 15) is 5.26 Å². The van der Waals surface area contributed by atoms with Crippen molar-refractivity contribution in [3.63, 3.8) is 0 Å². The fourth-order valence-electron chi connectivity index (χ4n) is 6.01. The molecule has 0 saturated heterocycles. The Morgan fingerprint density at radius 2 is 1.59 bits per heavy atom. The molecule has 4 aromatic carbocycles. The number of hydrogen-bond acceptors (Lipinski definition) is 2. The average molecular weight is 438 g/mol. The molecule has 0 radical (unpaired) electrons. The molecule has 5 aromatic rings. The van der Waals surface area contributed by atoms with E-state index in [1.165, 1.54) is 55.1 Å². The molecule has 0 spiro atoms. The topological polar surface area (TPSA) is 36.9 Å². The van der Waals surface area contributed by atoms with Gasteiger partial charge in [-0.25, -0.2) is 0 Å². The van der Waals surface area contributed by atoms with Crippen LogP contribution in [0.25, 0.3) is 50.1 Å². The minimum atomic E-state index is -0.160. The molecule has 0 fully saturated rings. The van der Waals surface area contributed by atoms with Crippen LogP contribution in [0.2, 0.25) is 0 Å². The predicted molar refractivity (Wildman–Crippen MR) is 139 cm³/mol. The number of aryl methyl sites for hydroxylation is 1. The predicted octanol–water partition coefficient (Wildman–Crippen LogP) is 8.39. The Balaban J connectivity index is 1.49. The Morgan fingerprint density at radius 1 is 0.824 bits per heavy atom. The van der Waals surface area contributed by atoms with Crippen LogP contribution in [0.1, 0.15) is 48.3 Å². The first-order valence-corrected chi connectivity index (χ1v) is 11.9. The van der Waals surface area contributed by atoms with E-state index in [0.717, 1.165) is 29.7 Å². The summed E-state index contributed by atoms with van der Waals surface area (Å²) >= 11 is 0. The molecular formula is C32H23NO. The number of fused-ring (bicyclic) bond motifs is 8. The number of nitrogens with zero attached hydrogens (tertiary/aromatic N) is 1. The smallest absolute Gasteiger partial charge is 0.142 e. The second-order valence-corrected chi connectivity index (χ2v) is 9.99. The van der Waals surface area contributed by atoms with Gasteiger partial charge in [-0.1, -0.05) is 62.4 Å². The summed E-state index contributed by atoms with van der Waals surface area (Å²) in [6.07, 6.45) is 6.40. The lowest BCUT2D eigenvalue weighted by Gasteiger charge is -2.22. The van der Waals surface area contributed by atoms with Crippen LogP contribution in [0.3, 0.4) is 0 Å². The van der Waals surface area contributed by atoms with Gasteiger partial charge in [0.15, 0.2) is 0 Å². The molecule has 2 aliphatic rings. The van der Waals surface area contributed by atoms with Crippen molar-refractivity contribution in [1.82, 2.24) is 0 Å². The van der Waals surface area contributed by atoms with Gasteiger partial charge in [0, 0.05) is 21.8 Å². The largest absolute Gasteiger partial charge is 0.456 e. The minimum absolute atomic E-state index is 0.160. The van der Waals surface area contributed by atoms with E-state index in [0.29, 0.717) is 0 Å². The van der Waals surface area contributed by atoms with Gasteiger partial charge in [0.05, 0.1) is 11.6 Å². The standard InChI is InChI=1S/C32H23NO/c1-32(2)28-15-19(18-33)11-13-22(28)23-14-12-20(16-29(23)32)26-17-27-24-8-5-6-10-30(24)34-31(27)25-9-4-3-7-21(25)26/h3-4,6-7,9-17H,5,8H2,1-2H3. The molecule has 34 heavy (non-hydrogen) atoms. The Hall–Kier alpha value is -4.09. The van der Waals surface area contributed by atoms with Gasteiger partial charge in [0.2, 0.25) is 0 Å². The van der Waals surface area contributed by atoms with Crippen molar-refractivity contribution in [1.29, 1.82) is 5.26 Å². The van der Waals surface area contributed by atoms with Crippen molar-refractivity contribution in [3.05, 3.63) is 101 Å². The van der Waals surface area contributed by atoms with Crippen LogP contribution >= 0.6 is 0 Å². The summed E-state index contributed by atoms with van der Waals surface area (Å²) in [6, 6.07) is 26.2. The van der Waals surface area contributed by atoms with Crippen LogP contribution < -0.4 is 0 Å². The average Bonchev–Trinajstić information content (AvgIpc) is 3.36. The Labute approximate surface area is 198 Å². The Kier molecular flexibility index (Phi) is 3.83. The van der Waals surface area contributed by atoms with E-state index in [2.05, 4.69) is 92.7 Å². The fourth-order valence-corrected chi connectivity index (χ4v) is 6.01. The van der Waals surface area contributed by atoms with Crippen molar-refractivity contribution < 1.29 is 4.42 Å². The zero-order valence-electron chi connectivity index (χ0n) is 19.3. The molecule has 0 amide bonds. The van der Waals surface area contributed by atoms with Gasteiger partial charge < -0.3 is 4.42 Å². The normalized spacial score (nSPS) is 15.2. The number of nitriles is 1. The van der Waals surface area contributed by atoms with Gasteiger partial charge in [-0.05, 0) is 82.0 Å². The summed E-state index contributed by atoms with van der Waals surface area (Å²) in [7, 11) is 0. The highest BCUT2D eigenvalue weighted by atomic mass is 16.3. The molecule has 0 atom stereocenters. The van der Waals surface area contributed by atoms with Gasteiger partial charge >= 0.3 is 0 Å². The third-order valence-electron chi connectivity index (χ3n) is 7.78. The first kappa shape index (κ1) is 19.4. The van der Waals surface area contributed by atoms with Gasteiger partial charge in [-0.2, -0.15) is 5.26 Å². The van der Waals surface area contributed by atoms with Crippen LogP contribution in [-0.4, -0.2) is 0 Å². The van der Waals surface area contributed by atoms with E-state index in [1.807, 2.05) is 6.07 Å². The maximum Gasteiger partial charge on any atom is 0.142 e. The lowest BCUT2D eigenvalue weighted by atomic mass is 9.81. The number of hydrogen-bond donors (Lipinski definition) is 0. The van der Waals surface area contributed by atoms with Gasteiger partial charge in [0.25, 0.3) is 0 Å². The molecule has 1 heterocycles. The monoisotopic (exact) mass is 437 g/mol. The summed E-state index contributed by atoms with van der Waals surface area (Å²) in [5.74, 6) is 1.00. The SMILES string of the molecule is CC1(C)c2cc(C#N)ccc2-c2ccc(-c3cc4c5c(oc4c4ccccc34)C=CCC5)cc21. The number of furan rings is 1. The third kappa shape index (κ3) is 2.50. The summed E-state index contributed by atoms with van der Waals surface area (Å²) < 4.78 is 6.35. The second-order valence-electron chi connectivity index (χ2n) is 9.99. The highest BCUT2D eigenvalue weighted by Crippen LogP contribution is 2.50. The number of rotatable bonds is 1. The lowest BCUT2D eigenvalue weighted by molar-refractivity contribution is 0.598. The maximum absolute atomic E-state index is 9.44. The van der Waals surface area contributed by atoms with Crippen LogP contribution in [0.5, 0.6) is 0 Å². The van der Waals surface area contributed by atoms with E-state index in [-0.39, 0.29) is 5.41 Å². The van der Waals surface area contributed by atoms with Crippen molar-refractivity contribution in [3.8, 4) is 28.3 Å². The quantitative estimate of drug-likeness (QED) is 0.264. The lowest BCUT2D eigenvalue weighted by Crippen LogP contribution is -2.15. The van der Waals surface area contributed by atoms with E-state index in [4.69, 9.17) is 4.42 Å². The van der Waals surface area contributed by atoms with Gasteiger partial charge in [0.1, 0.15) is 11.3 Å². The van der Waals surface area contributed by atoms with Crippen LogP contribution in [0.15, 0.2) is 77.2 Å². The minimum Gasteiger partial charge on any atom is -0.456 e. The van der Waals surface area contributed by atoms with E-state index < -0.39 is 0 Å². The molecule has 2 heteroatoms. The fraction of sp³-hybridized carbons (Fsp3) is 0.156. The summed E-state index contributed by atoms with van der Waals surface area (Å²) in [5.41, 5.74) is 10.4.